The molecule has 5 nitrogen and oxygen atoms in total. The van der Waals surface area contributed by atoms with Crippen LogP contribution in [0, 0.1) is 0 Å². The lowest BCUT2D eigenvalue weighted by Crippen LogP contribution is -2.31. The second kappa shape index (κ2) is 8.48. The summed E-state index contributed by atoms with van der Waals surface area (Å²) in [5.41, 5.74) is 3.05. The Morgan fingerprint density at radius 1 is 1.07 bits per heavy atom. The zero-order valence-corrected chi connectivity index (χ0v) is 17.6. The van der Waals surface area contributed by atoms with Gasteiger partial charge < -0.3 is 14.4 Å². The molecule has 1 saturated heterocycles. The Labute approximate surface area is 180 Å². The van der Waals surface area contributed by atoms with E-state index in [2.05, 4.69) is 6.07 Å². The number of benzene rings is 2. The van der Waals surface area contributed by atoms with Crippen LogP contribution in [-0.2, 0) is 11.2 Å². The van der Waals surface area contributed by atoms with E-state index in [1.807, 2.05) is 52.7 Å². The summed E-state index contributed by atoms with van der Waals surface area (Å²) in [6.45, 7) is 2.13. The average Bonchev–Trinajstić information content (AvgIpc) is 3.39. The van der Waals surface area contributed by atoms with E-state index in [0.29, 0.717) is 19.6 Å². The highest BCUT2D eigenvalue weighted by molar-refractivity contribution is 7.13. The lowest BCUT2D eigenvalue weighted by atomic mass is 10.0. The van der Waals surface area contributed by atoms with Gasteiger partial charge in [0.05, 0.1) is 31.4 Å². The van der Waals surface area contributed by atoms with Crippen molar-refractivity contribution in [2.24, 2.45) is 0 Å². The maximum atomic E-state index is 13.1. The van der Waals surface area contributed by atoms with Crippen LogP contribution in [0.15, 0.2) is 53.9 Å². The summed E-state index contributed by atoms with van der Waals surface area (Å²) < 4.78 is 11.6. The summed E-state index contributed by atoms with van der Waals surface area (Å²) in [4.78, 5) is 19.8. The van der Waals surface area contributed by atoms with Crippen molar-refractivity contribution < 1.29 is 14.3 Å². The van der Waals surface area contributed by atoms with Gasteiger partial charge >= 0.3 is 0 Å². The number of amides is 1. The highest BCUT2D eigenvalue weighted by Gasteiger charge is 2.31. The highest BCUT2D eigenvalue weighted by Crippen LogP contribution is 2.38. The van der Waals surface area contributed by atoms with Crippen LogP contribution in [0.25, 0.3) is 10.6 Å². The molecule has 2 aliphatic heterocycles. The number of hydrogen-bond acceptors (Lipinski definition) is 5. The number of carbonyl (C=O) groups is 1. The van der Waals surface area contributed by atoms with Crippen molar-refractivity contribution in [2.75, 3.05) is 19.8 Å². The van der Waals surface area contributed by atoms with E-state index in [1.165, 1.54) is 0 Å². The third-order valence-corrected chi connectivity index (χ3v) is 6.57. The molecular formula is C24H24N2O3S. The number of carbonyl (C=O) groups excluding carboxylic acids is 1. The first kappa shape index (κ1) is 19.1. The predicted molar refractivity (Wildman–Crippen MR) is 117 cm³/mol. The maximum Gasteiger partial charge on any atom is 0.229 e. The molecule has 30 heavy (non-hydrogen) atoms. The summed E-state index contributed by atoms with van der Waals surface area (Å²) >= 11 is 1.59. The zero-order chi connectivity index (χ0) is 20.3. The topological polar surface area (TPSA) is 51.7 Å². The number of ether oxygens (including phenoxy) is 2. The fourth-order valence-electron chi connectivity index (χ4n) is 4.16. The van der Waals surface area contributed by atoms with Crippen LogP contribution in [0.5, 0.6) is 11.5 Å². The van der Waals surface area contributed by atoms with E-state index in [9.17, 15) is 4.79 Å². The molecular weight excluding hydrogens is 396 g/mol. The molecule has 5 rings (SSSR count). The fraction of sp³-hybridized carbons (Fsp3) is 0.333. The Kier molecular flexibility index (Phi) is 5.41. The van der Waals surface area contributed by atoms with Crippen LogP contribution in [0.2, 0.25) is 0 Å². The lowest BCUT2D eigenvalue weighted by Gasteiger charge is -2.25. The Bertz CT molecular complexity index is 1030. The molecule has 0 N–H and O–H groups in total. The predicted octanol–water partition coefficient (Wildman–Crippen LogP) is 4.88. The summed E-state index contributed by atoms with van der Waals surface area (Å²) in [6.07, 6.45) is 3.20. The summed E-state index contributed by atoms with van der Waals surface area (Å²) in [5.74, 6) is 1.72. The second-order valence-electron chi connectivity index (χ2n) is 7.69. The minimum absolute atomic E-state index is 0.0851. The molecule has 3 heterocycles. The number of likely N-dealkylation sites (tertiary alicyclic amines) is 1. The molecule has 6 heteroatoms. The maximum absolute atomic E-state index is 13.1. The fourth-order valence-corrected chi connectivity index (χ4v) is 4.98. The summed E-state index contributed by atoms with van der Waals surface area (Å²) in [5, 5.41) is 2.96. The van der Waals surface area contributed by atoms with Gasteiger partial charge in [0.25, 0.3) is 0 Å². The molecule has 2 aliphatic rings. The van der Waals surface area contributed by atoms with Gasteiger partial charge in [0.15, 0.2) is 11.5 Å². The largest absolute Gasteiger partial charge is 0.490 e. The first-order valence-corrected chi connectivity index (χ1v) is 11.3. The minimum atomic E-state index is 0.0851. The van der Waals surface area contributed by atoms with Crippen molar-refractivity contribution in [1.82, 2.24) is 9.88 Å². The number of fused-ring (bicyclic) bond motifs is 1. The number of aromatic nitrogens is 1. The van der Waals surface area contributed by atoms with Gasteiger partial charge in [-0.1, -0.05) is 36.4 Å². The smallest absolute Gasteiger partial charge is 0.229 e. The zero-order valence-electron chi connectivity index (χ0n) is 16.8. The number of hydrogen-bond donors (Lipinski definition) is 0. The van der Waals surface area contributed by atoms with Gasteiger partial charge in [-0.15, -0.1) is 11.3 Å². The molecule has 0 spiro atoms. The number of rotatable bonds is 4. The molecule has 1 fully saturated rings. The molecule has 2 aromatic carbocycles. The van der Waals surface area contributed by atoms with Crippen molar-refractivity contribution in [1.29, 1.82) is 0 Å². The highest BCUT2D eigenvalue weighted by atomic mass is 32.1. The van der Waals surface area contributed by atoms with E-state index in [0.717, 1.165) is 59.1 Å². The third-order valence-electron chi connectivity index (χ3n) is 5.63. The number of thiazole rings is 1. The van der Waals surface area contributed by atoms with Gasteiger partial charge in [0.2, 0.25) is 5.91 Å². The Balaban J connectivity index is 1.31. The van der Waals surface area contributed by atoms with Crippen LogP contribution < -0.4 is 9.47 Å². The second-order valence-corrected chi connectivity index (χ2v) is 8.55. The van der Waals surface area contributed by atoms with Gasteiger partial charge in [-0.2, -0.15) is 0 Å². The van der Waals surface area contributed by atoms with E-state index in [-0.39, 0.29) is 11.9 Å². The molecule has 0 aliphatic carbocycles. The standard InChI is InChI=1S/C24H24N2O3S/c27-23(15-19-16-30-24(25-19)17-6-2-1-3-7-17)26-11-4-8-20(26)18-9-10-21-22(14-18)29-13-5-12-28-21/h1-3,6-7,9-10,14,16,20H,4-5,8,11-13,15H2/t20-/m1/s1. The van der Waals surface area contributed by atoms with Crippen LogP contribution in [-0.4, -0.2) is 35.5 Å². The van der Waals surface area contributed by atoms with E-state index >= 15 is 0 Å². The minimum Gasteiger partial charge on any atom is -0.490 e. The monoisotopic (exact) mass is 420 g/mol. The van der Waals surface area contributed by atoms with Crippen molar-refractivity contribution in [3.8, 4) is 22.1 Å². The molecule has 1 amide bonds. The van der Waals surface area contributed by atoms with Crippen molar-refractivity contribution in [3.63, 3.8) is 0 Å². The van der Waals surface area contributed by atoms with Gasteiger partial charge in [0.1, 0.15) is 5.01 Å². The quantitative estimate of drug-likeness (QED) is 0.604. The summed E-state index contributed by atoms with van der Waals surface area (Å²) in [7, 11) is 0. The third kappa shape index (κ3) is 3.92. The molecule has 3 aromatic rings. The van der Waals surface area contributed by atoms with E-state index in [1.54, 1.807) is 11.3 Å². The Morgan fingerprint density at radius 3 is 2.77 bits per heavy atom. The van der Waals surface area contributed by atoms with Gasteiger partial charge in [-0.3, -0.25) is 4.79 Å². The molecule has 1 aromatic heterocycles. The molecule has 1 atom stereocenters. The first-order valence-electron chi connectivity index (χ1n) is 10.5. The van der Waals surface area contributed by atoms with Crippen LogP contribution in [0.3, 0.4) is 0 Å². The molecule has 0 unspecified atom stereocenters. The Morgan fingerprint density at radius 2 is 1.90 bits per heavy atom. The van der Waals surface area contributed by atoms with Gasteiger partial charge in [0, 0.05) is 23.9 Å². The van der Waals surface area contributed by atoms with E-state index in [4.69, 9.17) is 14.5 Å². The number of nitrogens with zero attached hydrogens (tertiary/aromatic N) is 2. The van der Waals surface area contributed by atoms with Gasteiger partial charge in [-0.05, 0) is 30.5 Å². The molecule has 154 valence electrons. The first-order chi connectivity index (χ1) is 14.8. The SMILES string of the molecule is O=C(Cc1csc(-c2ccccc2)n1)N1CCC[C@@H]1c1ccc2c(c1)OCCCO2. The molecule has 0 radical (unpaired) electrons. The van der Waals surface area contributed by atoms with Crippen molar-refractivity contribution in [3.05, 3.63) is 65.2 Å². The van der Waals surface area contributed by atoms with Crippen LogP contribution in [0.1, 0.15) is 36.6 Å². The average molecular weight is 421 g/mol. The van der Waals surface area contributed by atoms with Crippen LogP contribution in [0.4, 0.5) is 0 Å². The summed E-state index contributed by atoms with van der Waals surface area (Å²) in [6, 6.07) is 16.3. The van der Waals surface area contributed by atoms with Gasteiger partial charge in [-0.25, -0.2) is 4.98 Å². The lowest BCUT2D eigenvalue weighted by molar-refractivity contribution is -0.131. The van der Waals surface area contributed by atoms with Crippen molar-refractivity contribution in [2.45, 2.75) is 31.7 Å². The Hall–Kier alpha value is -2.86. The van der Waals surface area contributed by atoms with Crippen LogP contribution >= 0.6 is 11.3 Å². The normalized spacial score (nSPS) is 18.3. The van der Waals surface area contributed by atoms with E-state index < -0.39 is 0 Å². The molecule has 0 saturated carbocycles. The van der Waals surface area contributed by atoms with Crippen molar-refractivity contribution >= 4 is 17.2 Å². The molecule has 0 bridgehead atoms.